The van der Waals surface area contributed by atoms with Crippen LogP contribution in [0.1, 0.15) is 34.6 Å². The molecule has 3 rings (SSSR count). The lowest BCUT2D eigenvalue weighted by Crippen LogP contribution is -2.28. The number of halogens is 4. The molecule has 3 aromatic rings. The zero-order chi connectivity index (χ0) is 24.5. The van der Waals surface area contributed by atoms with Crippen LogP contribution in [0.3, 0.4) is 0 Å². The Hall–Kier alpha value is -2.92. The molecule has 2 aromatic heterocycles. The monoisotopic (exact) mass is 501 g/mol. The van der Waals surface area contributed by atoms with Gasteiger partial charge < -0.3 is 10.1 Å². The second kappa shape index (κ2) is 9.52. The molecule has 33 heavy (non-hydrogen) atoms. The number of anilines is 1. The van der Waals surface area contributed by atoms with E-state index in [0.29, 0.717) is 16.5 Å². The minimum Gasteiger partial charge on any atom is -0.461 e. The summed E-state index contributed by atoms with van der Waals surface area (Å²) in [5.74, 6) is -1.20. The number of hydrogen-bond acceptors (Lipinski definition) is 6. The highest BCUT2D eigenvalue weighted by Crippen LogP contribution is 2.34. The topological polar surface area (TPSA) is 90.3 Å². The zero-order valence-corrected chi connectivity index (χ0v) is 19.3. The molecule has 0 saturated heterocycles. The van der Waals surface area contributed by atoms with Gasteiger partial charge >= 0.3 is 12.1 Å². The summed E-state index contributed by atoms with van der Waals surface area (Å²) in [5.41, 5.74) is -1.40. The average molecular weight is 502 g/mol. The van der Waals surface area contributed by atoms with Crippen molar-refractivity contribution < 1.29 is 27.5 Å². The Morgan fingerprint density at radius 1 is 1.30 bits per heavy atom. The van der Waals surface area contributed by atoms with Gasteiger partial charge in [0.15, 0.2) is 0 Å². The number of esters is 1. The van der Waals surface area contributed by atoms with Gasteiger partial charge in [-0.25, -0.2) is 9.78 Å². The zero-order valence-electron chi connectivity index (χ0n) is 17.7. The molecule has 0 spiro atoms. The summed E-state index contributed by atoms with van der Waals surface area (Å²) < 4.78 is 45.0. The normalized spacial score (nSPS) is 11.8. The molecule has 0 aliphatic carbocycles. The van der Waals surface area contributed by atoms with E-state index >= 15 is 0 Å². The van der Waals surface area contributed by atoms with Crippen molar-refractivity contribution >= 4 is 50.7 Å². The first kappa shape index (κ1) is 24.7. The third-order valence-corrected chi connectivity index (χ3v) is 6.04. The van der Waals surface area contributed by atoms with Gasteiger partial charge in [-0.1, -0.05) is 25.4 Å². The molecule has 1 aromatic carbocycles. The second-order valence-corrected chi connectivity index (χ2v) is 9.05. The predicted octanol–water partition coefficient (Wildman–Crippen LogP) is 4.89. The Morgan fingerprint density at radius 2 is 2.00 bits per heavy atom. The van der Waals surface area contributed by atoms with Gasteiger partial charge in [-0.15, -0.1) is 11.3 Å². The number of nitrogens with zero attached hydrogens (tertiary/aromatic N) is 2. The van der Waals surface area contributed by atoms with Crippen LogP contribution >= 0.6 is 22.9 Å². The Labute approximate surface area is 195 Å². The highest BCUT2D eigenvalue weighted by atomic mass is 35.5. The van der Waals surface area contributed by atoms with Crippen LogP contribution in [0.4, 0.5) is 18.9 Å². The Balaban J connectivity index is 1.85. The average Bonchev–Trinajstić information content (AvgIpc) is 3.06. The molecule has 0 radical (unpaired) electrons. The Morgan fingerprint density at radius 3 is 2.64 bits per heavy atom. The van der Waals surface area contributed by atoms with Gasteiger partial charge in [-0.2, -0.15) is 13.2 Å². The summed E-state index contributed by atoms with van der Waals surface area (Å²) in [6.07, 6.45) is -3.47. The van der Waals surface area contributed by atoms with Gasteiger partial charge in [0.05, 0.1) is 34.6 Å². The van der Waals surface area contributed by atoms with Gasteiger partial charge in [0.2, 0.25) is 5.91 Å². The summed E-state index contributed by atoms with van der Waals surface area (Å²) in [6.45, 7) is 5.08. The number of carbonyl (C=O) groups excluding carboxylic acids is 2. The Kier molecular flexibility index (Phi) is 7.13. The smallest absolute Gasteiger partial charge is 0.416 e. The number of ether oxygens (including phenoxy) is 1. The third-order valence-electron chi connectivity index (χ3n) is 4.53. The van der Waals surface area contributed by atoms with Crippen molar-refractivity contribution in [3.05, 3.63) is 55.9 Å². The summed E-state index contributed by atoms with van der Waals surface area (Å²) in [6, 6.07) is 2.53. The first-order valence-electron chi connectivity index (χ1n) is 9.70. The van der Waals surface area contributed by atoms with Gasteiger partial charge in [-0.3, -0.25) is 14.2 Å². The quantitative estimate of drug-likeness (QED) is 0.486. The van der Waals surface area contributed by atoms with E-state index in [1.807, 2.05) is 13.8 Å². The summed E-state index contributed by atoms with van der Waals surface area (Å²) >= 11 is 6.91. The number of fused-ring (bicyclic) bond motifs is 1. The van der Waals surface area contributed by atoms with E-state index < -0.39 is 35.7 Å². The van der Waals surface area contributed by atoms with Crippen LogP contribution in [0.25, 0.3) is 10.2 Å². The van der Waals surface area contributed by atoms with E-state index in [9.17, 15) is 27.6 Å². The molecule has 0 saturated carbocycles. The van der Waals surface area contributed by atoms with Crippen LogP contribution in [-0.4, -0.2) is 28.0 Å². The molecule has 0 atom stereocenters. The van der Waals surface area contributed by atoms with Crippen molar-refractivity contribution in [3.63, 3.8) is 0 Å². The van der Waals surface area contributed by atoms with Gasteiger partial charge in [0.25, 0.3) is 5.56 Å². The maximum Gasteiger partial charge on any atom is 0.416 e. The molecule has 1 N–H and O–H groups in total. The van der Waals surface area contributed by atoms with Crippen LogP contribution in [0.2, 0.25) is 5.02 Å². The van der Waals surface area contributed by atoms with E-state index in [1.165, 1.54) is 0 Å². The second-order valence-electron chi connectivity index (χ2n) is 7.65. The standard InChI is InChI=1S/C21H19ClF3N3O4S/c1-10(2)8-32-20(31)17-11(3)16-18(33-17)26-9-28(19(16)30)7-15(29)27-14-6-12(21(23,24)25)4-5-13(14)22/h4-6,9-10H,7-8H2,1-3H3,(H,27,29). The van der Waals surface area contributed by atoms with Crippen LogP contribution in [-0.2, 0) is 22.3 Å². The van der Waals surface area contributed by atoms with Crippen molar-refractivity contribution in [1.82, 2.24) is 9.55 Å². The first-order valence-corrected chi connectivity index (χ1v) is 10.9. The number of alkyl halides is 3. The largest absolute Gasteiger partial charge is 0.461 e. The van der Waals surface area contributed by atoms with Crippen LogP contribution < -0.4 is 10.9 Å². The number of nitrogens with one attached hydrogen (secondary N) is 1. The Bertz CT molecular complexity index is 1280. The van der Waals surface area contributed by atoms with Crippen molar-refractivity contribution in [3.8, 4) is 0 Å². The first-order chi connectivity index (χ1) is 15.4. The fraction of sp³-hybridized carbons (Fsp3) is 0.333. The number of aromatic nitrogens is 2. The van der Waals surface area contributed by atoms with Gasteiger partial charge in [-0.05, 0) is 36.6 Å². The van der Waals surface area contributed by atoms with E-state index in [4.69, 9.17) is 16.3 Å². The number of rotatable bonds is 6. The molecule has 12 heteroatoms. The molecule has 0 bridgehead atoms. The molecule has 2 heterocycles. The highest BCUT2D eigenvalue weighted by Gasteiger charge is 2.31. The molecule has 0 aliphatic rings. The van der Waals surface area contributed by atoms with E-state index in [2.05, 4.69) is 10.3 Å². The summed E-state index contributed by atoms with van der Waals surface area (Å²) in [7, 11) is 0. The fourth-order valence-electron chi connectivity index (χ4n) is 2.92. The minimum atomic E-state index is -4.61. The van der Waals surface area contributed by atoms with Crippen molar-refractivity contribution in [2.75, 3.05) is 11.9 Å². The third kappa shape index (κ3) is 5.53. The van der Waals surface area contributed by atoms with E-state index in [0.717, 1.165) is 34.4 Å². The van der Waals surface area contributed by atoms with Crippen molar-refractivity contribution in [1.29, 1.82) is 0 Å². The lowest BCUT2D eigenvalue weighted by molar-refractivity contribution is -0.137. The molecule has 176 valence electrons. The fourth-order valence-corrected chi connectivity index (χ4v) is 4.11. The molecule has 0 aliphatic heterocycles. The maximum atomic E-state index is 12.9. The van der Waals surface area contributed by atoms with Crippen LogP contribution in [0.5, 0.6) is 0 Å². The minimum absolute atomic E-state index is 0.0875. The maximum absolute atomic E-state index is 12.9. The number of amides is 1. The summed E-state index contributed by atoms with van der Waals surface area (Å²) in [4.78, 5) is 42.4. The molecule has 0 fully saturated rings. The molecule has 1 amide bonds. The SMILES string of the molecule is Cc1c(C(=O)OCC(C)C)sc2ncn(CC(=O)Nc3cc(C(F)(F)F)ccc3Cl)c(=O)c12. The molecular weight excluding hydrogens is 483 g/mol. The van der Waals surface area contributed by atoms with Crippen LogP contribution in [0, 0.1) is 12.8 Å². The lowest BCUT2D eigenvalue weighted by atomic mass is 10.2. The van der Waals surface area contributed by atoms with Crippen molar-refractivity contribution in [2.45, 2.75) is 33.5 Å². The van der Waals surface area contributed by atoms with E-state index in [-0.39, 0.29) is 33.5 Å². The van der Waals surface area contributed by atoms with Crippen molar-refractivity contribution in [2.24, 2.45) is 5.92 Å². The molecular formula is C21H19ClF3N3O4S. The summed E-state index contributed by atoms with van der Waals surface area (Å²) in [5, 5.41) is 2.36. The van der Waals surface area contributed by atoms with Gasteiger partial charge in [0, 0.05) is 0 Å². The number of carbonyl (C=O) groups is 2. The van der Waals surface area contributed by atoms with Crippen LogP contribution in [0.15, 0.2) is 29.3 Å². The number of thiophene rings is 1. The number of benzene rings is 1. The molecule has 0 unspecified atom stereocenters. The molecule has 7 nitrogen and oxygen atoms in total. The number of aryl methyl sites for hydroxylation is 1. The van der Waals surface area contributed by atoms with E-state index in [1.54, 1.807) is 6.92 Å². The van der Waals surface area contributed by atoms with Gasteiger partial charge in [0.1, 0.15) is 16.3 Å². The highest BCUT2D eigenvalue weighted by molar-refractivity contribution is 7.20. The lowest BCUT2D eigenvalue weighted by Gasteiger charge is -2.12. The predicted molar refractivity (Wildman–Crippen MR) is 119 cm³/mol. The number of hydrogen-bond donors (Lipinski definition) is 1.